The number of aromatic nitrogens is 1. The van der Waals surface area contributed by atoms with Crippen molar-refractivity contribution in [1.29, 1.82) is 0 Å². The number of nitrogens with zero attached hydrogens (tertiary/aromatic N) is 3. The summed E-state index contributed by atoms with van der Waals surface area (Å²) in [7, 11) is 0. The van der Waals surface area contributed by atoms with Gasteiger partial charge in [0, 0.05) is 13.1 Å². The smallest absolute Gasteiger partial charge is 0.299 e. The Morgan fingerprint density at radius 3 is 2.50 bits per heavy atom. The quantitative estimate of drug-likeness (QED) is 0.538. The van der Waals surface area contributed by atoms with Gasteiger partial charge < -0.3 is 15.0 Å². The summed E-state index contributed by atoms with van der Waals surface area (Å²) in [5.74, 6) is -0.299. The third-order valence-corrected chi connectivity index (χ3v) is 5.91. The first kappa shape index (κ1) is 21.9. The van der Waals surface area contributed by atoms with Crippen LogP contribution in [0, 0.1) is 20.2 Å². The van der Waals surface area contributed by atoms with Crippen LogP contribution in [-0.2, 0) is 13.0 Å². The maximum Gasteiger partial charge on any atom is 0.299 e. The molecular formula is C20H25ClN4O5. The van der Waals surface area contributed by atoms with Crippen molar-refractivity contribution < 1.29 is 15.0 Å². The second-order valence-corrected chi connectivity index (χ2v) is 7.69. The lowest BCUT2D eigenvalue weighted by atomic mass is 10.0. The molecule has 2 aromatic rings. The van der Waals surface area contributed by atoms with Crippen LogP contribution in [0.3, 0.4) is 0 Å². The molecule has 0 unspecified atom stereocenters. The maximum atomic E-state index is 12.1. The first-order chi connectivity index (χ1) is 14.0. The van der Waals surface area contributed by atoms with Crippen LogP contribution in [0.15, 0.2) is 17.8 Å². The van der Waals surface area contributed by atoms with Crippen molar-refractivity contribution in [1.82, 2.24) is 9.88 Å². The van der Waals surface area contributed by atoms with Crippen molar-refractivity contribution in [2.75, 3.05) is 6.54 Å². The van der Waals surface area contributed by atoms with Gasteiger partial charge >= 0.3 is 0 Å². The molecule has 2 aliphatic rings. The van der Waals surface area contributed by atoms with Crippen molar-refractivity contribution in [3.63, 3.8) is 0 Å². The number of nitrogens with one attached hydrogen (secondary N) is 1. The van der Waals surface area contributed by atoms with E-state index in [4.69, 9.17) is 0 Å². The Bertz CT molecular complexity index is 1020. The third-order valence-electron chi connectivity index (χ3n) is 5.91. The van der Waals surface area contributed by atoms with Gasteiger partial charge in [-0.15, -0.1) is 12.4 Å². The summed E-state index contributed by atoms with van der Waals surface area (Å²) in [4.78, 5) is 23.2. The summed E-state index contributed by atoms with van der Waals surface area (Å²) in [6, 6.07) is 3.05. The van der Waals surface area contributed by atoms with E-state index < -0.39 is 9.85 Å². The van der Waals surface area contributed by atoms with E-state index >= 15 is 0 Å². The second kappa shape index (κ2) is 8.91. The van der Waals surface area contributed by atoms with Crippen molar-refractivity contribution in [3.8, 4) is 5.75 Å². The molecule has 4 rings (SSSR count). The zero-order chi connectivity index (χ0) is 20.5. The highest BCUT2D eigenvalue weighted by Crippen LogP contribution is 2.44. The number of phenolic OH excluding ortho intramolecular Hbond substituents is 1. The number of aromatic hydroxyl groups is 1. The van der Waals surface area contributed by atoms with Gasteiger partial charge in [-0.1, -0.05) is 12.8 Å². The van der Waals surface area contributed by atoms with E-state index in [2.05, 4.69) is 5.32 Å². The number of aryl methyl sites for hydroxylation is 1. The molecule has 10 heteroatoms. The SMILES string of the molecule is Cl.O=[N+]([O-])/C(=C1/CCCCCN1)c1c(O)ccc2c1c([N+](=O)[O-])c1n2CCCCC1. The molecule has 1 saturated heterocycles. The molecule has 30 heavy (non-hydrogen) atoms. The third kappa shape index (κ3) is 3.69. The maximum absolute atomic E-state index is 12.1. The van der Waals surface area contributed by atoms with Gasteiger partial charge in [0.05, 0.1) is 32.1 Å². The monoisotopic (exact) mass is 436 g/mol. The van der Waals surface area contributed by atoms with Crippen LogP contribution in [0.1, 0.15) is 56.2 Å². The van der Waals surface area contributed by atoms with E-state index in [-0.39, 0.29) is 40.5 Å². The Balaban J connectivity index is 0.00000256. The van der Waals surface area contributed by atoms with Crippen LogP contribution in [0.5, 0.6) is 5.75 Å². The molecule has 2 aliphatic heterocycles. The number of benzene rings is 1. The van der Waals surface area contributed by atoms with Crippen LogP contribution in [0.2, 0.25) is 0 Å². The van der Waals surface area contributed by atoms with Gasteiger partial charge in [-0.3, -0.25) is 20.2 Å². The summed E-state index contributed by atoms with van der Waals surface area (Å²) >= 11 is 0. The molecule has 162 valence electrons. The van der Waals surface area contributed by atoms with Gasteiger partial charge in [-0.2, -0.15) is 0 Å². The van der Waals surface area contributed by atoms with Crippen molar-refractivity contribution in [2.45, 2.75) is 57.9 Å². The van der Waals surface area contributed by atoms with E-state index in [1.54, 1.807) is 6.07 Å². The van der Waals surface area contributed by atoms with E-state index in [0.29, 0.717) is 42.8 Å². The Labute approximate surface area is 179 Å². The zero-order valence-electron chi connectivity index (χ0n) is 16.6. The molecule has 0 aliphatic carbocycles. The molecule has 3 heterocycles. The van der Waals surface area contributed by atoms with E-state index in [0.717, 1.165) is 38.5 Å². The summed E-state index contributed by atoms with van der Waals surface area (Å²) in [6.45, 7) is 1.24. The Kier molecular flexibility index (Phi) is 6.50. The van der Waals surface area contributed by atoms with Gasteiger partial charge in [0.25, 0.3) is 11.4 Å². The van der Waals surface area contributed by atoms with Gasteiger partial charge in [0.2, 0.25) is 0 Å². The molecule has 0 amide bonds. The standard InChI is InChI=1S/C20H24N4O5.ClH/c25-16-10-9-14-17(20(24(28)29)15-8-4-2-6-12-22(14)15)18(16)19(23(26)27)13-7-3-1-5-11-21-13;/h9-10,21,25H,1-8,11-12H2;1H/b19-13-;. The highest BCUT2D eigenvalue weighted by atomic mass is 35.5. The van der Waals surface area contributed by atoms with E-state index in [9.17, 15) is 25.3 Å². The number of phenols is 1. The number of rotatable bonds is 3. The van der Waals surface area contributed by atoms with Crippen LogP contribution >= 0.6 is 12.4 Å². The summed E-state index contributed by atoms with van der Waals surface area (Å²) in [5, 5.41) is 38.1. The fourth-order valence-electron chi connectivity index (χ4n) is 4.63. The summed E-state index contributed by atoms with van der Waals surface area (Å²) < 4.78 is 1.91. The topological polar surface area (TPSA) is 123 Å². The van der Waals surface area contributed by atoms with Gasteiger partial charge in [0.1, 0.15) is 11.3 Å². The fraction of sp³-hybridized carbons (Fsp3) is 0.500. The first-order valence-electron chi connectivity index (χ1n) is 10.1. The van der Waals surface area contributed by atoms with E-state index in [1.807, 2.05) is 4.57 Å². The zero-order valence-corrected chi connectivity index (χ0v) is 17.4. The molecule has 0 atom stereocenters. The minimum absolute atomic E-state index is 0. The first-order valence-corrected chi connectivity index (χ1v) is 10.1. The van der Waals surface area contributed by atoms with Crippen molar-refractivity contribution >= 4 is 34.7 Å². The number of hydrogen-bond acceptors (Lipinski definition) is 6. The lowest BCUT2D eigenvalue weighted by Crippen LogP contribution is -2.17. The molecule has 1 fully saturated rings. The lowest BCUT2D eigenvalue weighted by molar-refractivity contribution is -0.384. The average molecular weight is 437 g/mol. The Hall–Kier alpha value is -2.81. The van der Waals surface area contributed by atoms with Gasteiger partial charge in [-0.25, -0.2) is 0 Å². The molecular weight excluding hydrogens is 412 g/mol. The predicted molar refractivity (Wildman–Crippen MR) is 115 cm³/mol. The molecule has 9 nitrogen and oxygen atoms in total. The van der Waals surface area contributed by atoms with Crippen LogP contribution in [0.4, 0.5) is 5.69 Å². The number of fused-ring (bicyclic) bond motifs is 3. The highest BCUT2D eigenvalue weighted by Gasteiger charge is 2.35. The van der Waals surface area contributed by atoms with Crippen molar-refractivity contribution in [3.05, 3.63) is 49.3 Å². The predicted octanol–water partition coefficient (Wildman–Crippen LogP) is 4.51. The fourth-order valence-corrected chi connectivity index (χ4v) is 4.63. The molecule has 2 N–H and O–H groups in total. The number of nitro groups is 2. The van der Waals surface area contributed by atoms with Crippen molar-refractivity contribution in [2.24, 2.45) is 0 Å². The van der Waals surface area contributed by atoms with Gasteiger partial charge in [-0.05, 0) is 50.7 Å². The molecule has 1 aromatic carbocycles. The molecule has 0 radical (unpaired) electrons. The van der Waals surface area contributed by atoms with Crippen LogP contribution in [0.25, 0.3) is 16.6 Å². The highest BCUT2D eigenvalue weighted by molar-refractivity contribution is 6.02. The Morgan fingerprint density at radius 2 is 1.77 bits per heavy atom. The number of allylic oxidation sites excluding steroid dienone is 1. The van der Waals surface area contributed by atoms with Crippen LogP contribution < -0.4 is 5.32 Å². The molecule has 1 aromatic heterocycles. The lowest BCUT2D eigenvalue weighted by Gasteiger charge is -2.11. The average Bonchev–Trinajstić information content (AvgIpc) is 2.90. The number of halogens is 1. The van der Waals surface area contributed by atoms with Crippen LogP contribution in [-0.4, -0.2) is 26.1 Å². The van der Waals surface area contributed by atoms with Gasteiger partial charge in [0.15, 0.2) is 0 Å². The minimum Gasteiger partial charge on any atom is -0.507 e. The molecule has 0 bridgehead atoms. The summed E-state index contributed by atoms with van der Waals surface area (Å²) in [6.07, 6.45) is 6.41. The molecule has 0 spiro atoms. The largest absolute Gasteiger partial charge is 0.507 e. The Morgan fingerprint density at radius 1 is 1.03 bits per heavy atom. The van der Waals surface area contributed by atoms with E-state index in [1.165, 1.54) is 6.07 Å². The number of hydrogen-bond donors (Lipinski definition) is 2. The minimum atomic E-state index is -0.519. The second-order valence-electron chi connectivity index (χ2n) is 7.69. The summed E-state index contributed by atoms with van der Waals surface area (Å²) in [5.41, 5.74) is 1.21. The molecule has 0 saturated carbocycles. The normalized spacial score (nSPS) is 18.4.